The Morgan fingerprint density at radius 3 is 2.30 bits per heavy atom. The third kappa shape index (κ3) is 6.58. The van der Waals surface area contributed by atoms with Crippen LogP contribution in [0.4, 0.5) is 0 Å². The van der Waals surface area contributed by atoms with Gasteiger partial charge in [0.05, 0.1) is 5.56 Å². The number of carbonyl (C=O) groups excluding carboxylic acids is 4. The minimum absolute atomic E-state index is 0.0519. The second-order valence-corrected chi connectivity index (χ2v) is 9.90. The Balaban J connectivity index is 1.67. The fourth-order valence-corrected chi connectivity index (χ4v) is 3.98. The van der Waals surface area contributed by atoms with Crippen LogP contribution in [0.3, 0.4) is 0 Å². The molecule has 4 bridgehead atoms. The number of fused-ring (bicyclic) bond motifs is 11. The maximum atomic E-state index is 13.0. The maximum Gasteiger partial charge on any atom is 0.255 e. The van der Waals surface area contributed by atoms with Crippen LogP contribution < -0.4 is 26.0 Å². The van der Waals surface area contributed by atoms with Gasteiger partial charge in [-0.25, -0.2) is 0 Å². The van der Waals surface area contributed by atoms with Crippen LogP contribution in [0.1, 0.15) is 49.5 Å². The zero-order valence-electron chi connectivity index (χ0n) is 21.0. The molecule has 4 amide bonds. The molecule has 3 atom stereocenters. The van der Waals surface area contributed by atoms with Crippen molar-refractivity contribution in [3.8, 4) is 17.2 Å². The average molecular weight is 509 g/mol. The summed E-state index contributed by atoms with van der Waals surface area (Å²) in [6.45, 7) is 5.02. The fourth-order valence-electron chi connectivity index (χ4n) is 3.98. The number of rotatable bonds is 3. The summed E-state index contributed by atoms with van der Waals surface area (Å²) >= 11 is 0. The number of hydrogen-bond donors (Lipinski definition) is 5. The second-order valence-electron chi connectivity index (χ2n) is 9.90. The van der Waals surface area contributed by atoms with E-state index in [1.807, 2.05) is 0 Å². The Labute approximate surface area is 215 Å². The summed E-state index contributed by atoms with van der Waals surface area (Å²) in [5.41, 5.74) is 0.746. The minimum Gasteiger partial charge on any atom is -0.507 e. The molecule has 5 N–H and O–H groups in total. The van der Waals surface area contributed by atoms with Crippen LogP contribution in [0.2, 0.25) is 0 Å². The van der Waals surface area contributed by atoms with E-state index >= 15 is 0 Å². The van der Waals surface area contributed by atoms with E-state index in [2.05, 4.69) is 21.3 Å². The summed E-state index contributed by atoms with van der Waals surface area (Å²) in [5.74, 6) is -1.81. The predicted octanol–water partition coefficient (Wildman–Crippen LogP) is 1.76. The Bertz CT molecular complexity index is 1190. The molecule has 3 aliphatic rings. The maximum absolute atomic E-state index is 13.0. The smallest absolute Gasteiger partial charge is 0.255 e. The summed E-state index contributed by atoms with van der Waals surface area (Å²) in [7, 11) is 0. The molecule has 2 heterocycles. The van der Waals surface area contributed by atoms with E-state index in [0.29, 0.717) is 11.5 Å². The van der Waals surface area contributed by atoms with Crippen LogP contribution in [0.5, 0.6) is 17.2 Å². The van der Waals surface area contributed by atoms with Gasteiger partial charge < -0.3 is 31.1 Å². The molecule has 0 aromatic heterocycles. The van der Waals surface area contributed by atoms with Crippen LogP contribution >= 0.6 is 0 Å². The first-order chi connectivity index (χ1) is 17.6. The lowest BCUT2D eigenvalue weighted by molar-refractivity contribution is -0.132. The lowest BCUT2D eigenvalue weighted by Gasteiger charge is -2.25. The van der Waals surface area contributed by atoms with Crippen molar-refractivity contribution in [1.82, 2.24) is 21.3 Å². The molecule has 2 aromatic carbocycles. The van der Waals surface area contributed by atoms with E-state index in [1.54, 1.807) is 38.1 Å². The molecule has 5 rings (SSSR count). The average Bonchev–Trinajstić information content (AvgIpc) is 3.67. The molecule has 1 aliphatic carbocycles. The molecule has 0 saturated heterocycles. The standard InChI is InChI=1S/C27H32N4O6/c1-14(2)23-27(36)28-15(3)24(33)30-21(26(35)29-17-6-7-17)12-16-4-8-18(9-5-16)37-19-10-11-22(32)20(13-19)25(34)31-23/h4-5,8-11,13-15,17,21,23,32H,6-7,12H2,1-3H3,(H,28,36)(H,29,35)(H,30,33)(H,31,34)/t15-,21-,23-/m0/s1. The molecule has 1 fully saturated rings. The number of carbonyl (C=O) groups is 4. The van der Waals surface area contributed by atoms with Crippen molar-refractivity contribution in [3.63, 3.8) is 0 Å². The number of ether oxygens (including phenoxy) is 1. The highest BCUT2D eigenvalue weighted by Gasteiger charge is 2.32. The van der Waals surface area contributed by atoms with E-state index in [0.717, 1.165) is 18.4 Å². The van der Waals surface area contributed by atoms with Gasteiger partial charge in [-0.3, -0.25) is 19.2 Å². The van der Waals surface area contributed by atoms with E-state index in [-0.39, 0.29) is 35.6 Å². The highest BCUT2D eigenvalue weighted by molar-refractivity contribution is 6.00. The van der Waals surface area contributed by atoms with E-state index in [1.165, 1.54) is 25.1 Å². The molecule has 2 aliphatic heterocycles. The molecule has 196 valence electrons. The quantitative estimate of drug-likeness (QED) is 0.400. The molecule has 0 radical (unpaired) electrons. The lowest BCUT2D eigenvalue weighted by Crippen LogP contribution is -2.57. The molecular formula is C27H32N4O6. The highest BCUT2D eigenvalue weighted by atomic mass is 16.5. The molecule has 2 aromatic rings. The van der Waals surface area contributed by atoms with Gasteiger partial charge in [0, 0.05) is 12.5 Å². The summed E-state index contributed by atoms with van der Waals surface area (Å²) in [6, 6.07) is 8.63. The zero-order valence-corrected chi connectivity index (χ0v) is 21.0. The predicted molar refractivity (Wildman–Crippen MR) is 135 cm³/mol. The largest absolute Gasteiger partial charge is 0.507 e. The van der Waals surface area contributed by atoms with Gasteiger partial charge in [-0.1, -0.05) is 26.0 Å². The Hall–Kier alpha value is -4.08. The van der Waals surface area contributed by atoms with Crippen LogP contribution in [0.25, 0.3) is 0 Å². The Morgan fingerprint density at radius 2 is 1.65 bits per heavy atom. The van der Waals surface area contributed by atoms with Gasteiger partial charge in [0.15, 0.2) is 0 Å². The first kappa shape index (κ1) is 26.0. The van der Waals surface area contributed by atoms with Gasteiger partial charge in [0.25, 0.3) is 5.91 Å². The van der Waals surface area contributed by atoms with Crippen molar-refractivity contribution in [1.29, 1.82) is 0 Å². The van der Waals surface area contributed by atoms with E-state index in [9.17, 15) is 24.3 Å². The topological polar surface area (TPSA) is 146 Å². The van der Waals surface area contributed by atoms with Crippen molar-refractivity contribution in [2.75, 3.05) is 0 Å². The van der Waals surface area contributed by atoms with Crippen molar-refractivity contribution < 1.29 is 29.0 Å². The molecule has 0 unspecified atom stereocenters. The lowest BCUT2D eigenvalue weighted by atomic mass is 10.0. The van der Waals surface area contributed by atoms with Gasteiger partial charge in [-0.05, 0) is 61.6 Å². The van der Waals surface area contributed by atoms with Crippen molar-refractivity contribution in [2.45, 2.75) is 64.2 Å². The highest BCUT2D eigenvalue weighted by Crippen LogP contribution is 2.28. The summed E-state index contributed by atoms with van der Waals surface area (Å²) in [4.78, 5) is 51.9. The van der Waals surface area contributed by atoms with Gasteiger partial charge in [-0.15, -0.1) is 0 Å². The van der Waals surface area contributed by atoms with Crippen LogP contribution in [-0.4, -0.2) is 52.9 Å². The van der Waals surface area contributed by atoms with Gasteiger partial charge in [0.1, 0.15) is 35.4 Å². The van der Waals surface area contributed by atoms with E-state index in [4.69, 9.17) is 4.74 Å². The molecular weight excluding hydrogens is 476 g/mol. The summed E-state index contributed by atoms with van der Waals surface area (Å²) < 4.78 is 5.86. The molecule has 10 heteroatoms. The third-order valence-electron chi connectivity index (χ3n) is 6.36. The molecule has 0 spiro atoms. The Morgan fingerprint density at radius 1 is 0.973 bits per heavy atom. The SMILES string of the molecule is CC(C)[C@@H]1NC(=O)c2cc(ccc2O)Oc2ccc(cc2)C[C@@H](C(=O)NC2CC2)NC(=O)[C@H](C)NC1=O. The first-order valence-electron chi connectivity index (χ1n) is 12.4. The summed E-state index contributed by atoms with van der Waals surface area (Å²) in [5, 5.41) is 21.2. The van der Waals surface area contributed by atoms with Gasteiger partial charge in [0.2, 0.25) is 17.7 Å². The van der Waals surface area contributed by atoms with Gasteiger partial charge in [-0.2, -0.15) is 0 Å². The molecule has 1 saturated carbocycles. The van der Waals surface area contributed by atoms with Crippen LogP contribution in [0.15, 0.2) is 42.5 Å². The monoisotopic (exact) mass is 508 g/mol. The molecule has 37 heavy (non-hydrogen) atoms. The number of aromatic hydroxyl groups is 1. The zero-order chi connectivity index (χ0) is 26.7. The number of hydrogen-bond acceptors (Lipinski definition) is 6. The van der Waals surface area contributed by atoms with Gasteiger partial charge >= 0.3 is 0 Å². The number of benzene rings is 2. The minimum atomic E-state index is -0.980. The fraction of sp³-hybridized carbons (Fsp3) is 0.407. The number of phenols is 1. The number of nitrogens with one attached hydrogen (secondary N) is 4. The third-order valence-corrected chi connectivity index (χ3v) is 6.36. The van der Waals surface area contributed by atoms with Crippen molar-refractivity contribution in [2.24, 2.45) is 5.92 Å². The van der Waals surface area contributed by atoms with E-state index < -0.39 is 35.8 Å². The summed E-state index contributed by atoms with van der Waals surface area (Å²) in [6.07, 6.45) is 2.07. The molecule has 10 nitrogen and oxygen atoms in total. The second kappa shape index (κ2) is 10.9. The Kier molecular flexibility index (Phi) is 7.66. The van der Waals surface area contributed by atoms with Crippen molar-refractivity contribution in [3.05, 3.63) is 53.6 Å². The number of phenolic OH excluding ortho intramolecular Hbond substituents is 1. The first-order valence-corrected chi connectivity index (χ1v) is 12.4. The van der Waals surface area contributed by atoms with Crippen LogP contribution in [0, 0.1) is 5.92 Å². The van der Waals surface area contributed by atoms with Crippen LogP contribution in [-0.2, 0) is 20.8 Å². The normalized spacial score (nSPS) is 22.7. The number of amides is 4. The van der Waals surface area contributed by atoms with Crippen molar-refractivity contribution >= 4 is 23.6 Å².